The minimum atomic E-state index is -0.489. The molecule has 0 spiro atoms. The lowest BCUT2D eigenvalue weighted by atomic mass is 10.1. The highest BCUT2D eigenvalue weighted by Crippen LogP contribution is 2.34. The normalized spacial score (nSPS) is 11.2. The van der Waals surface area contributed by atoms with Gasteiger partial charge in [0.15, 0.2) is 6.79 Å². The lowest BCUT2D eigenvalue weighted by molar-refractivity contribution is 0.0513. The minimum Gasteiger partial charge on any atom is -0.467 e. The Bertz CT molecular complexity index is 677. The Hall–Kier alpha value is -2.05. The van der Waals surface area contributed by atoms with Gasteiger partial charge < -0.3 is 19.5 Å². The standard InChI is InChI=1S/C19H25NO4S/c1-19(2,3)24-18(21)20-10-9-14-7-8-16(23-13-22-4)15(12-14)17-6-5-11-25-17/h5-8,11-12H,9-10,13H2,1-4H3,(H,20,21). The molecule has 25 heavy (non-hydrogen) atoms. The van der Waals surface area contributed by atoms with Gasteiger partial charge in [-0.25, -0.2) is 4.79 Å². The summed E-state index contributed by atoms with van der Waals surface area (Å²) in [7, 11) is 1.60. The molecule has 0 bridgehead atoms. The first kappa shape index (κ1) is 19.3. The maximum Gasteiger partial charge on any atom is 0.407 e. The monoisotopic (exact) mass is 363 g/mol. The third kappa shape index (κ3) is 6.40. The van der Waals surface area contributed by atoms with Crippen molar-refractivity contribution in [1.29, 1.82) is 0 Å². The molecular weight excluding hydrogens is 338 g/mol. The van der Waals surface area contributed by atoms with Gasteiger partial charge in [0.1, 0.15) is 11.4 Å². The molecule has 0 saturated heterocycles. The number of carbonyl (C=O) groups is 1. The lowest BCUT2D eigenvalue weighted by Gasteiger charge is -2.19. The summed E-state index contributed by atoms with van der Waals surface area (Å²) >= 11 is 1.66. The Balaban J connectivity index is 2.02. The molecule has 0 aliphatic rings. The largest absolute Gasteiger partial charge is 0.467 e. The zero-order valence-corrected chi connectivity index (χ0v) is 15.9. The zero-order valence-electron chi connectivity index (χ0n) is 15.1. The van der Waals surface area contributed by atoms with Gasteiger partial charge in [0.2, 0.25) is 0 Å². The maximum atomic E-state index is 11.7. The van der Waals surface area contributed by atoms with E-state index in [1.807, 2.05) is 44.4 Å². The summed E-state index contributed by atoms with van der Waals surface area (Å²) in [4.78, 5) is 12.8. The van der Waals surface area contributed by atoms with Crippen LogP contribution in [0.2, 0.25) is 0 Å². The number of hydrogen-bond donors (Lipinski definition) is 1. The van der Waals surface area contributed by atoms with Crippen LogP contribution in [0.1, 0.15) is 26.3 Å². The Morgan fingerprint density at radius 1 is 1.24 bits per heavy atom. The second kappa shape index (κ2) is 8.87. The van der Waals surface area contributed by atoms with Gasteiger partial charge in [-0.15, -0.1) is 11.3 Å². The number of alkyl carbamates (subject to hydrolysis) is 1. The molecule has 0 aliphatic heterocycles. The van der Waals surface area contributed by atoms with E-state index in [-0.39, 0.29) is 6.79 Å². The number of hydrogen-bond acceptors (Lipinski definition) is 5. The van der Waals surface area contributed by atoms with Crippen molar-refractivity contribution < 1.29 is 19.0 Å². The van der Waals surface area contributed by atoms with Crippen LogP contribution in [-0.4, -0.2) is 32.1 Å². The molecule has 2 rings (SSSR count). The van der Waals surface area contributed by atoms with Gasteiger partial charge in [-0.3, -0.25) is 0 Å². The Morgan fingerprint density at radius 2 is 2.04 bits per heavy atom. The molecule has 0 saturated carbocycles. The Morgan fingerprint density at radius 3 is 2.68 bits per heavy atom. The van der Waals surface area contributed by atoms with Crippen LogP contribution in [0.25, 0.3) is 10.4 Å². The van der Waals surface area contributed by atoms with Crippen LogP contribution in [0, 0.1) is 0 Å². The molecule has 1 heterocycles. The molecule has 1 N–H and O–H groups in total. The van der Waals surface area contributed by atoms with Gasteiger partial charge in [-0.05, 0) is 56.3 Å². The summed E-state index contributed by atoms with van der Waals surface area (Å²) in [5.41, 5.74) is 1.66. The summed E-state index contributed by atoms with van der Waals surface area (Å²) in [6, 6.07) is 10.1. The SMILES string of the molecule is COCOc1ccc(CCNC(=O)OC(C)(C)C)cc1-c1cccs1. The number of methoxy groups -OCH3 is 1. The molecule has 5 nitrogen and oxygen atoms in total. The van der Waals surface area contributed by atoms with Gasteiger partial charge >= 0.3 is 6.09 Å². The van der Waals surface area contributed by atoms with Crippen molar-refractivity contribution in [1.82, 2.24) is 5.32 Å². The maximum absolute atomic E-state index is 11.7. The molecule has 1 aromatic carbocycles. The van der Waals surface area contributed by atoms with Gasteiger partial charge in [0, 0.05) is 24.1 Å². The first-order valence-electron chi connectivity index (χ1n) is 8.14. The molecule has 0 radical (unpaired) electrons. The summed E-state index contributed by atoms with van der Waals surface area (Å²) in [5.74, 6) is 0.785. The summed E-state index contributed by atoms with van der Waals surface area (Å²) in [6.45, 7) is 6.25. The van der Waals surface area contributed by atoms with E-state index >= 15 is 0 Å². The smallest absolute Gasteiger partial charge is 0.407 e. The van der Waals surface area contributed by atoms with Crippen LogP contribution in [-0.2, 0) is 15.9 Å². The van der Waals surface area contributed by atoms with Crippen molar-refractivity contribution >= 4 is 17.4 Å². The third-order valence-corrected chi connectivity index (χ3v) is 4.15. The van der Waals surface area contributed by atoms with Crippen LogP contribution < -0.4 is 10.1 Å². The van der Waals surface area contributed by atoms with Gasteiger partial charge in [-0.2, -0.15) is 0 Å². The molecular formula is C19H25NO4S. The summed E-state index contributed by atoms with van der Waals surface area (Å²) in [5, 5.41) is 4.81. The molecule has 136 valence electrons. The number of amides is 1. The number of thiophene rings is 1. The van der Waals surface area contributed by atoms with E-state index in [2.05, 4.69) is 17.4 Å². The average molecular weight is 363 g/mol. The van der Waals surface area contributed by atoms with E-state index in [0.717, 1.165) is 21.8 Å². The van der Waals surface area contributed by atoms with Crippen molar-refractivity contribution in [3.8, 4) is 16.2 Å². The number of nitrogens with one attached hydrogen (secondary N) is 1. The van der Waals surface area contributed by atoms with Crippen LogP contribution in [0.4, 0.5) is 4.79 Å². The van der Waals surface area contributed by atoms with Crippen molar-refractivity contribution in [2.75, 3.05) is 20.4 Å². The Kier molecular flexibility index (Phi) is 6.84. The van der Waals surface area contributed by atoms with Crippen molar-refractivity contribution in [3.63, 3.8) is 0 Å². The molecule has 0 aliphatic carbocycles. The fourth-order valence-corrected chi connectivity index (χ4v) is 2.98. The fourth-order valence-electron chi connectivity index (χ4n) is 2.23. The second-order valence-electron chi connectivity index (χ2n) is 6.54. The predicted molar refractivity (Wildman–Crippen MR) is 100 cm³/mol. The van der Waals surface area contributed by atoms with Crippen LogP contribution in [0.3, 0.4) is 0 Å². The quantitative estimate of drug-likeness (QED) is 0.738. The summed E-state index contributed by atoms with van der Waals surface area (Å²) in [6.07, 6.45) is 0.313. The molecule has 1 aromatic heterocycles. The number of benzene rings is 1. The molecule has 0 unspecified atom stereocenters. The third-order valence-electron chi connectivity index (χ3n) is 3.24. The van der Waals surface area contributed by atoms with Crippen molar-refractivity contribution in [2.24, 2.45) is 0 Å². The first-order chi connectivity index (χ1) is 11.9. The zero-order chi connectivity index (χ0) is 18.3. The first-order valence-corrected chi connectivity index (χ1v) is 9.02. The topological polar surface area (TPSA) is 56.8 Å². The molecule has 6 heteroatoms. The molecule has 1 amide bonds. The fraction of sp³-hybridized carbons (Fsp3) is 0.421. The van der Waals surface area contributed by atoms with E-state index in [4.69, 9.17) is 14.2 Å². The minimum absolute atomic E-state index is 0.206. The van der Waals surface area contributed by atoms with E-state index in [1.54, 1.807) is 18.4 Å². The van der Waals surface area contributed by atoms with E-state index < -0.39 is 11.7 Å². The highest BCUT2D eigenvalue weighted by Gasteiger charge is 2.15. The Labute approximate surface area is 152 Å². The molecule has 0 atom stereocenters. The number of carbonyl (C=O) groups excluding carboxylic acids is 1. The van der Waals surface area contributed by atoms with E-state index in [0.29, 0.717) is 13.0 Å². The molecule has 0 fully saturated rings. The van der Waals surface area contributed by atoms with Crippen LogP contribution in [0.15, 0.2) is 35.7 Å². The van der Waals surface area contributed by atoms with E-state index in [1.165, 1.54) is 0 Å². The van der Waals surface area contributed by atoms with E-state index in [9.17, 15) is 4.79 Å². The van der Waals surface area contributed by atoms with Gasteiger partial charge in [0.05, 0.1) is 0 Å². The van der Waals surface area contributed by atoms with Crippen molar-refractivity contribution in [3.05, 3.63) is 41.3 Å². The lowest BCUT2D eigenvalue weighted by Crippen LogP contribution is -2.33. The van der Waals surface area contributed by atoms with Gasteiger partial charge in [-0.1, -0.05) is 12.1 Å². The van der Waals surface area contributed by atoms with Crippen LogP contribution in [0.5, 0.6) is 5.75 Å². The second-order valence-corrected chi connectivity index (χ2v) is 7.49. The molecule has 2 aromatic rings. The van der Waals surface area contributed by atoms with Crippen molar-refractivity contribution in [2.45, 2.75) is 32.8 Å². The number of ether oxygens (including phenoxy) is 3. The highest BCUT2D eigenvalue weighted by atomic mass is 32.1. The van der Waals surface area contributed by atoms with Gasteiger partial charge in [0.25, 0.3) is 0 Å². The average Bonchev–Trinajstić information content (AvgIpc) is 3.06. The predicted octanol–water partition coefficient (Wildman–Crippen LogP) is 4.47. The number of rotatable bonds is 7. The summed E-state index contributed by atoms with van der Waals surface area (Å²) < 4.78 is 15.9. The highest BCUT2D eigenvalue weighted by molar-refractivity contribution is 7.13. The van der Waals surface area contributed by atoms with Crippen LogP contribution >= 0.6 is 11.3 Å².